The van der Waals surface area contributed by atoms with Crippen molar-refractivity contribution in [2.75, 3.05) is 0 Å². The molecular formula is C19H18N4O4. The number of carbonyl (C=O) groups excluding carboxylic acids is 1. The highest BCUT2D eigenvalue weighted by Gasteiger charge is 2.27. The molecule has 1 aliphatic carbocycles. The molecule has 2 heterocycles. The number of nitro groups is 1. The van der Waals surface area contributed by atoms with E-state index in [1.807, 2.05) is 22.9 Å². The standard InChI is InChI=1S/C19H18N4O4/c24-19(17-9-10-18(27-17)23(25)26)21-15-7-4-8-16-14(15)11-20-22(16)12-13-5-2-1-3-6-13/h1-3,5-6,9-11,15H,4,7-8,12H2,(H,21,24)/t15-/m1/s1. The molecule has 8 heteroatoms. The molecule has 2 aromatic heterocycles. The number of amides is 1. The van der Waals surface area contributed by atoms with E-state index < -0.39 is 16.7 Å². The van der Waals surface area contributed by atoms with Crippen LogP contribution in [0.2, 0.25) is 0 Å². The number of carbonyl (C=O) groups is 1. The van der Waals surface area contributed by atoms with Gasteiger partial charge in [0.1, 0.15) is 4.92 Å². The van der Waals surface area contributed by atoms with Crippen molar-refractivity contribution in [1.29, 1.82) is 0 Å². The van der Waals surface area contributed by atoms with Crippen LogP contribution >= 0.6 is 0 Å². The van der Waals surface area contributed by atoms with E-state index in [0.717, 1.165) is 36.1 Å². The van der Waals surface area contributed by atoms with E-state index in [2.05, 4.69) is 22.5 Å². The summed E-state index contributed by atoms with van der Waals surface area (Å²) in [6.45, 7) is 0.682. The Morgan fingerprint density at radius 1 is 1.30 bits per heavy atom. The van der Waals surface area contributed by atoms with Gasteiger partial charge in [0.15, 0.2) is 5.76 Å². The Morgan fingerprint density at radius 2 is 2.11 bits per heavy atom. The minimum absolute atomic E-state index is 0.0644. The summed E-state index contributed by atoms with van der Waals surface area (Å²) < 4.78 is 6.96. The highest BCUT2D eigenvalue weighted by molar-refractivity contribution is 5.92. The van der Waals surface area contributed by atoms with E-state index >= 15 is 0 Å². The Morgan fingerprint density at radius 3 is 2.85 bits per heavy atom. The van der Waals surface area contributed by atoms with Crippen molar-refractivity contribution in [2.24, 2.45) is 0 Å². The van der Waals surface area contributed by atoms with Gasteiger partial charge in [-0.15, -0.1) is 0 Å². The average Bonchev–Trinajstić information content (AvgIpc) is 3.31. The zero-order valence-corrected chi connectivity index (χ0v) is 14.5. The zero-order chi connectivity index (χ0) is 18.8. The molecule has 0 bridgehead atoms. The monoisotopic (exact) mass is 366 g/mol. The molecule has 1 aromatic carbocycles. The predicted octanol–water partition coefficient (Wildman–Crippen LogP) is 3.24. The van der Waals surface area contributed by atoms with Crippen molar-refractivity contribution < 1.29 is 14.1 Å². The van der Waals surface area contributed by atoms with E-state index in [4.69, 9.17) is 4.42 Å². The van der Waals surface area contributed by atoms with Crippen LogP contribution in [0.4, 0.5) is 5.88 Å². The van der Waals surface area contributed by atoms with Crippen LogP contribution in [-0.2, 0) is 13.0 Å². The fourth-order valence-corrected chi connectivity index (χ4v) is 3.44. The van der Waals surface area contributed by atoms with Crippen LogP contribution in [0.5, 0.6) is 0 Å². The lowest BCUT2D eigenvalue weighted by atomic mass is 9.93. The molecule has 0 radical (unpaired) electrons. The predicted molar refractivity (Wildman–Crippen MR) is 96.3 cm³/mol. The fourth-order valence-electron chi connectivity index (χ4n) is 3.44. The summed E-state index contributed by atoms with van der Waals surface area (Å²) in [6, 6.07) is 12.4. The molecule has 1 amide bonds. The first-order valence-electron chi connectivity index (χ1n) is 8.75. The number of aromatic nitrogens is 2. The molecule has 0 saturated carbocycles. The maximum absolute atomic E-state index is 12.4. The Balaban J connectivity index is 1.51. The normalized spacial score (nSPS) is 15.9. The summed E-state index contributed by atoms with van der Waals surface area (Å²) in [7, 11) is 0. The molecule has 0 saturated heterocycles. The summed E-state index contributed by atoms with van der Waals surface area (Å²) in [5.74, 6) is -0.970. The minimum atomic E-state index is -0.664. The second kappa shape index (κ2) is 7.06. The van der Waals surface area contributed by atoms with E-state index in [9.17, 15) is 14.9 Å². The number of hydrogen-bond donors (Lipinski definition) is 1. The molecule has 1 aliphatic rings. The van der Waals surface area contributed by atoms with Gasteiger partial charge in [0.25, 0.3) is 5.91 Å². The molecule has 0 unspecified atom stereocenters. The highest BCUT2D eigenvalue weighted by atomic mass is 16.6. The summed E-state index contributed by atoms with van der Waals surface area (Å²) in [6.07, 6.45) is 4.42. The quantitative estimate of drug-likeness (QED) is 0.551. The lowest BCUT2D eigenvalue weighted by Gasteiger charge is -2.24. The van der Waals surface area contributed by atoms with Crippen LogP contribution in [-0.4, -0.2) is 20.6 Å². The first-order valence-corrected chi connectivity index (χ1v) is 8.75. The summed E-state index contributed by atoms with van der Waals surface area (Å²) in [5.41, 5.74) is 3.27. The first-order chi connectivity index (χ1) is 13.1. The van der Waals surface area contributed by atoms with Crippen molar-refractivity contribution in [3.05, 3.63) is 81.4 Å². The van der Waals surface area contributed by atoms with Crippen molar-refractivity contribution in [1.82, 2.24) is 15.1 Å². The molecule has 0 fully saturated rings. The molecule has 1 atom stereocenters. The van der Waals surface area contributed by atoms with Gasteiger partial charge in [-0.3, -0.25) is 19.6 Å². The maximum Gasteiger partial charge on any atom is 0.433 e. The van der Waals surface area contributed by atoms with Crippen molar-refractivity contribution >= 4 is 11.8 Å². The third-order valence-electron chi connectivity index (χ3n) is 4.74. The Labute approximate surface area is 154 Å². The van der Waals surface area contributed by atoms with Gasteiger partial charge in [0.2, 0.25) is 0 Å². The smallest absolute Gasteiger partial charge is 0.395 e. The van der Waals surface area contributed by atoms with Crippen LogP contribution in [0.1, 0.15) is 46.3 Å². The maximum atomic E-state index is 12.4. The third-order valence-corrected chi connectivity index (χ3v) is 4.74. The van der Waals surface area contributed by atoms with Crippen molar-refractivity contribution in [2.45, 2.75) is 31.8 Å². The van der Waals surface area contributed by atoms with E-state index in [1.165, 1.54) is 12.1 Å². The Bertz CT molecular complexity index is 977. The summed E-state index contributed by atoms with van der Waals surface area (Å²) >= 11 is 0. The molecule has 27 heavy (non-hydrogen) atoms. The lowest BCUT2D eigenvalue weighted by Crippen LogP contribution is -2.30. The van der Waals surface area contributed by atoms with Gasteiger partial charge in [-0.05, 0) is 30.9 Å². The van der Waals surface area contributed by atoms with E-state index in [1.54, 1.807) is 6.20 Å². The van der Waals surface area contributed by atoms with Gasteiger partial charge in [-0.25, -0.2) is 0 Å². The largest absolute Gasteiger partial charge is 0.433 e. The molecule has 138 valence electrons. The number of fused-ring (bicyclic) bond motifs is 1. The zero-order valence-electron chi connectivity index (χ0n) is 14.5. The van der Waals surface area contributed by atoms with Gasteiger partial charge in [-0.1, -0.05) is 30.3 Å². The number of nitrogens with zero attached hydrogens (tertiary/aromatic N) is 3. The van der Waals surface area contributed by atoms with Crippen LogP contribution < -0.4 is 5.32 Å². The van der Waals surface area contributed by atoms with E-state index in [-0.39, 0.29) is 11.8 Å². The van der Waals surface area contributed by atoms with Crippen LogP contribution in [0.25, 0.3) is 0 Å². The van der Waals surface area contributed by atoms with Crippen LogP contribution in [0.3, 0.4) is 0 Å². The molecular weight excluding hydrogens is 348 g/mol. The third kappa shape index (κ3) is 3.46. The second-order valence-electron chi connectivity index (χ2n) is 6.50. The lowest BCUT2D eigenvalue weighted by molar-refractivity contribution is -0.402. The molecule has 4 rings (SSSR count). The highest BCUT2D eigenvalue weighted by Crippen LogP contribution is 2.30. The SMILES string of the molecule is O=C(N[C@@H]1CCCc2c1cnn2Cc1ccccc1)c1ccc([N+](=O)[O-])o1. The van der Waals surface area contributed by atoms with Crippen molar-refractivity contribution in [3.8, 4) is 0 Å². The minimum Gasteiger partial charge on any atom is -0.395 e. The molecule has 8 nitrogen and oxygen atoms in total. The van der Waals surface area contributed by atoms with Crippen LogP contribution in [0, 0.1) is 10.1 Å². The topological polar surface area (TPSA) is 103 Å². The van der Waals surface area contributed by atoms with Gasteiger partial charge in [0.05, 0.1) is 24.8 Å². The summed E-state index contributed by atoms with van der Waals surface area (Å²) in [5, 5.41) is 18.1. The van der Waals surface area contributed by atoms with Gasteiger partial charge >= 0.3 is 5.88 Å². The summed E-state index contributed by atoms with van der Waals surface area (Å²) in [4.78, 5) is 22.5. The number of hydrogen-bond acceptors (Lipinski definition) is 5. The molecule has 1 N–H and O–H groups in total. The average molecular weight is 366 g/mol. The fraction of sp³-hybridized carbons (Fsp3) is 0.263. The van der Waals surface area contributed by atoms with Gasteiger partial charge in [-0.2, -0.15) is 5.10 Å². The number of nitrogens with one attached hydrogen (secondary N) is 1. The molecule has 0 spiro atoms. The first kappa shape index (κ1) is 17.0. The molecule has 0 aliphatic heterocycles. The number of rotatable bonds is 5. The van der Waals surface area contributed by atoms with Gasteiger partial charge in [0, 0.05) is 11.3 Å². The Hall–Kier alpha value is -3.42. The second-order valence-corrected chi connectivity index (χ2v) is 6.50. The number of benzene rings is 1. The van der Waals surface area contributed by atoms with Gasteiger partial charge < -0.3 is 9.73 Å². The number of furan rings is 1. The van der Waals surface area contributed by atoms with Crippen molar-refractivity contribution in [3.63, 3.8) is 0 Å². The van der Waals surface area contributed by atoms with E-state index in [0.29, 0.717) is 6.54 Å². The van der Waals surface area contributed by atoms with Crippen LogP contribution in [0.15, 0.2) is 53.1 Å². The Kier molecular flexibility index (Phi) is 4.45. The molecule has 3 aromatic rings.